The van der Waals surface area contributed by atoms with Gasteiger partial charge >= 0.3 is 0 Å². The quantitative estimate of drug-likeness (QED) is 0.632. The van der Waals surface area contributed by atoms with Crippen LogP contribution in [0.4, 0.5) is 0 Å². The lowest BCUT2D eigenvalue weighted by molar-refractivity contribution is -0.117. The van der Waals surface area contributed by atoms with Gasteiger partial charge in [-0.05, 0) is 52.2 Å². The molecule has 1 amide bonds. The van der Waals surface area contributed by atoms with Gasteiger partial charge in [-0.2, -0.15) is 5.26 Å². The second-order valence-corrected chi connectivity index (χ2v) is 5.84. The lowest BCUT2D eigenvalue weighted by atomic mass is 10.1. The Bertz CT molecular complexity index is 779. The number of nitriles is 1. The van der Waals surface area contributed by atoms with Crippen LogP contribution in [-0.4, -0.2) is 11.0 Å². The Hall–Kier alpha value is -2.58. The molecule has 23 heavy (non-hydrogen) atoms. The van der Waals surface area contributed by atoms with Crippen LogP contribution in [0, 0.1) is 11.3 Å². The topological polar surface area (TPSA) is 73.1 Å². The van der Waals surface area contributed by atoms with Crippen LogP contribution in [0.25, 0.3) is 6.08 Å². The third kappa shape index (κ3) is 4.44. The van der Waals surface area contributed by atoms with E-state index in [1.54, 1.807) is 12.1 Å². The van der Waals surface area contributed by atoms with E-state index < -0.39 is 5.91 Å². The van der Waals surface area contributed by atoms with Gasteiger partial charge in [0.1, 0.15) is 17.4 Å². The molecule has 0 fully saturated rings. The number of amides is 1. The molecule has 0 aliphatic rings. The largest absolute Gasteiger partial charge is 0.507 e. The molecule has 0 spiro atoms. The van der Waals surface area contributed by atoms with E-state index in [0.29, 0.717) is 10.0 Å². The lowest BCUT2D eigenvalue weighted by Crippen LogP contribution is -2.27. The zero-order valence-electron chi connectivity index (χ0n) is 12.5. The maximum atomic E-state index is 12.3. The first-order chi connectivity index (χ1) is 11.0. The zero-order valence-corrected chi connectivity index (χ0v) is 14.0. The first-order valence-electron chi connectivity index (χ1n) is 6.97. The van der Waals surface area contributed by atoms with E-state index in [4.69, 9.17) is 0 Å². The van der Waals surface area contributed by atoms with Crippen LogP contribution in [-0.2, 0) is 4.79 Å². The highest BCUT2D eigenvalue weighted by Crippen LogP contribution is 2.25. The maximum Gasteiger partial charge on any atom is 0.262 e. The van der Waals surface area contributed by atoms with Crippen LogP contribution < -0.4 is 5.32 Å². The Labute approximate surface area is 143 Å². The van der Waals surface area contributed by atoms with E-state index in [1.807, 2.05) is 43.3 Å². The van der Waals surface area contributed by atoms with Crippen LogP contribution in [0.3, 0.4) is 0 Å². The molecule has 0 aliphatic heterocycles. The summed E-state index contributed by atoms with van der Waals surface area (Å²) in [7, 11) is 0. The summed E-state index contributed by atoms with van der Waals surface area (Å²) in [5.74, 6) is -0.337. The Morgan fingerprint density at radius 1 is 1.30 bits per heavy atom. The minimum atomic E-state index is -0.437. The molecule has 0 bridgehead atoms. The minimum Gasteiger partial charge on any atom is -0.507 e. The normalized spacial score (nSPS) is 12.3. The maximum absolute atomic E-state index is 12.3. The van der Waals surface area contributed by atoms with Gasteiger partial charge in [-0.25, -0.2) is 0 Å². The summed E-state index contributed by atoms with van der Waals surface area (Å²) in [6, 6.07) is 16.0. The van der Waals surface area contributed by atoms with Crippen molar-refractivity contribution in [2.45, 2.75) is 13.0 Å². The number of nitrogens with zero attached hydrogens (tertiary/aromatic N) is 1. The van der Waals surface area contributed by atoms with Crippen LogP contribution in [0.5, 0.6) is 5.75 Å². The van der Waals surface area contributed by atoms with Crippen molar-refractivity contribution in [1.82, 2.24) is 5.32 Å². The number of hydrogen-bond acceptors (Lipinski definition) is 3. The number of aromatic hydroxyl groups is 1. The number of benzene rings is 2. The highest BCUT2D eigenvalue weighted by molar-refractivity contribution is 9.10. The summed E-state index contributed by atoms with van der Waals surface area (Å²) < 4.78 is 0.501. The number of carbonyl (C=O) groups is 1. The van der Waals surface area contributed by atoms with E-state index in [0.717, 1.165) is 5.56 Å². The van der Waals surface area contributed by atoms with Crippen molar-refractivity contribution in [3.8, 4) is 11.8 Å². The number of nitrogens with one attached hydrogen (secondary N) is 1. The summed E-state index contributed by atoms with van der Waals surface area (Å²) in [6.07, 6.45) is 1.48. The Kier molecular flexibility index (Phi) is 5.56. The van der Waals surface area contributed by atoms with Crippen LogP contribution in [0.15, 0.2) is 58.6 Å². The standard InChI is InChI=1S/C18H15BrN2O2/c1-12(14-5-3-2-4-6-14)21-18(23)15(11-20)9-13-7-8-17(22)16(19)10-13/h2-10,12,22H,1H3,(H,21,23)/b15-9+/t12-/m1/s1. The van der Waals surface area contributed by atoms with Crippen molar-refractivity contribution in [2.24, 2.45) is 0 Å². The summed E-state index contributed by atoms with van der Waals surface area (Å²) in [5.41, 5.74) is 1.62. The average molecular weight is 371 g/mol. The predicted octanol–water partition coefficient (Wildman–Crippen LogP) is 3.94. The molecular formula is C18H15BrN2O2. The molecule has 0 saturated carbocycles. The van der Waals surface area contributed by atoms with Gasteiger partial charge in [0.2, 0.25) is 0 Å². The van der Waals surface area contributed by atoms with Crippen molar-refractivity contribution >= 4 is 27.9 Å². The molecule has 4 nitrogen and oxygen atoms in total. The van der Waals surface area contributed by atoms with Gasteiger partial charge < -0.3 is 10.4 Å². The molecular weight excluding hydrogens is 356 g/mol. The lowest BCUT2D eigenvalue weighted by Gasteiger charge is -2.13. The smallest absolute Gasteiger partial charge is 0.262 e. The fraction of sp³-hybridized carbons (Fsp3) is 0.111. The number of phenolic OH excluding ortho intramolecular Hbond substituents is 1. The van der Waals surface area contributed by atoms with Crippen molar-refractivity contribution in [1.29, 1.82) is 5.26 Å². The Balaban J connectivity index is 2.17. The zero-order chi connectivity index (χ0) is 16.8. The molecule has 2 rings (SSSR count). The van der Waals surface area contributed by atoms with E-state index in [2.05, 4.69) is 21.2 Å². The molecule has 0 unspecified atom stereocenters. The number of phenols is 1. The molecule has 0 aromatic heterocycles. The molecule has 2 aromatic carbocycles. The fourth-order valence-electron chi connectivity index (χ4n) is 2.03. The molecule has 0 radical (unpaired) electrons. The Morgan fingerprint density at radius 2 is 2.00 bits per heavy atom. The fourth-order valence-corrected chi connectivity index (χ4v) is 2.42. The van der Waals surface area contributed by atoms with Gasteiger partial charge in [-0.1, -0.05) is 36.4 Å². The second kappa shape index (κ2) is 7.61. The molecule has 2 aromatic rings. The van der Waals surface area contributed by atoms with E-state index >= 15 is 0 Å². The van der Waals surface area contributed by atoms with E-state index in [9.17, 15) is 15.2 Å². The number of hydrogen-bond donors (Lipinski definition) is 2. The van der Waals surface area contributed by atoms with Gasteiger partial charge in [0.05, 0.1) is 10.5 Å². The summed E-state index contributed by atoms with van der Waals surface area (Å²) in [6.45, 7) is 1.86. The van der Waals surface area contributed by atoms with Gasteiger partial charge in [0.25, 0.3) is 5.91 Å². The molecule has 2 N–H and O–H groups in total. The summed E-state index contributed by atoms with van der Waals surface area (Å²) >= 11 is 3.20. The van der Waals surface area contributed by atoms with Crippen molar-refractivity contribution in [3.63, 3.8) is 0 Å². The molecule has 0 saturated heterocycles. The van der Waals surface area contributed by atoms with Gasteiger partial charge in [0.15, 0.2) is 0 Å². The van der Waals surface area contributed by atoms with Crippen molar-refractivity contribution < 1.29 is 9.90 Å². The van der Waals surface area contributed by atoms with Gasteiger partial charge in [-0.3, -0.25) is 4.79 Å². The second-order valence-electron chi connectivity index (χ2n) is 4.99. The number of carbonyl (C=O) groups excluding carboxylic acids is 1. The summed E-state index contributed by atoms with van der Waals surface area (Å²) in [4.78, 5) is 12.3. The van der Waals surface area contributed by atoms with Crippen LogP contribution >= 0.6 is 15.9 Å². The third-order valence-electron chi connectivity index (χ3n) is 3.29. The van der Waals surface area contributed by atoms with Gasteiger partial charge in [-0.15, -0.1) is 0 Å². The monoisotopic (exact) mass is 370 g/mol. The first kappa shape index (κ1) is 16.8. The van der Waals surface area contributed by atoms with Crippen molar-refractivity contribution in [2.75, 3.05) is 0 Å². The van der Waals surface area contributed by atoms with E-state index in [-0.39, 0.29) is 17.4 Å². The third-order valence-corrected chi connectivity index (χ3v) is 3.93. The molecule has 1 atom stereocenters. The molecule has 5 heteroatoms. The molecule has 0 heterocycles. The SMILES string of the molecule is C[C@@H](NC(=O)/C(C#N)=C/c1ccc(O)c(Br)c1)c1ccccc1. The van der Waals surface area contributed by atoms with E-state index in [1.165, 1.54) is 12.1 Å². The molecule has 116 valence electrons. The van der Waals surface area contributed by atoms with Gasteiger partial charge in [0, 0.05) is 0 Å². The first-order valence-corrected chi connectivity index (χ1v) is 7.76. The van der Waals surface area contributed by atoms with Crippen LogP contribution in [0.1, 0.15) is 24.1 Å². The number of rotatable bonds is 4. The average Bonchev–Trinajstić information content (AvgIpc) is 2.56. The highest BCUT2D eigenvalue weighted by atomic mass is 79.9. The highest BCUT2D eigenvalue weighted by Gasteiger charge is 2.13. The molecule has 0 aliphatic carbocycles. The van der Waals surface area contributed by atoms with Crippen LogP contribution in [0.2, 0.25) is 0 Å². The Morgan fingerprint density at radius 3 is 2.61 bits per heavy atom. The number of halogens is 1. The minimum absolute atomic E-state index is 0.00497. The summed E-state index contributed by atoms with van der Waals surface area (Å²) in [5, 5.41) is 21.5. The predicted molar refractivity (Wildman–Crippen MR) is 92.4 cm³/mol. The van der Waals surface area contributed by atoms with Crippen molar-refractivity contribution in [3.05, 3.63) is 69.7 Å².